The molecule has 1 aliphatic heterocycles. The van der Waals surface area contributed by atoms with Crippen LogP contribution < -0.4 is 0 Å². The minimum Gasteiger partial charge on any atom is -0.287 e. The number of hydrogen-bond acceptors (Lipinski definition) is 5. The van der Waals surface area contributed by atoms with E-state index in [0.29, 0.717) is 26.8 Å². The lowest BCUT2D eigenvalue weighted by atomic mass is 10.2. The van der Waals surface area contributed by atoms with Crippen LogP contribution in [0.4, 0.5) is 5.13 Å². The lowest BCUT2D eigenvalue weighted by molar-refractivity contribution is -0.122. The molecule has 22 heavy (non-hydrogen) atoms. The second-order valence-electron chi connectivity index (χ2n) is 4.42. The fraction of sp³-hybridized carbons (Fsp3) is 0.133. The number of carbonyl (C=O) groups excluding carboxylic acids is 1. The van der Waals surface area contributed by atoms with Crippen molar-refractivity contribution >= 4 is 57.0 Å². The van der Waals surface area contributed by atoms with Gasteiger partial charge in [-0.25, -0.2) is 4.98 Å². The number of amidine groups is 1. The van der Waals surface area contributed by atoms with Gasteiger partial charge in [-0.1, -0.05) is 23.7 Å². The monoisotopic (exact) mass is 349 g/mol. The van der Waals surface area contributed by atoms with Gasteiger partial charge in [-0.15, -0.1) is 11.3 Å². The van der Waals surface area contributed by atoms with Gasteiger partial charge >= 0.3 is 0 Å². The highest BCUT2D eigenvalue weighted by Gasteiger charge is 2.32. The number of thioether (sulfide) groups is 1. The van der Waals surface area contributed by atoms with Crippen LogP contribution in [0.2, 0.25) is 5.02 Å². The highest BCUT2D eigenvalue weighted by molar-refractivity contribution is 8.18. The Balaban J connectivity index is 1.91. The number of nitrogens with zero attached hydrogens (tertiary/aromatic N) is 3. The van der Waals surface area contributed by atoms with Gasteiger partial charge in [0.1, 0.15) is 0 Å². The van der Waals surface area contributed by atoms with Crippen molar-refractivity contribution in [3.63, 3.8) is 0 Å². The molecule has 0 N–H and O–H groups in total. The number of likely N-dealkylation sites (N-methyl/N-ethyl adjacent to an activating group) is 1. The quantitative estimate of drug-likeness (QED) is 0.770. The van der Waals surface area contributed by atoms with Gasteiger partial charge in [-0.05, 0) is 42.5 Å². The van der Waals surface area contributed by atoms with E-state index in [9.17, 15) is 4.79 Å². The molecule has 4 nitrogen and oxygen atoms in total. The number of benzene rings is 1. The SMILES string of the molecule is CCN1C(=O)/C(=C/c2ccc(Cl)cc2)S/C1=N/c1nccs1. The molecule has 0 spiro atoms. The van der Waals surface area contributed by atoms with Crippen molar-refractivity contribution < 1.29 is 4.79 Å². The number of rotatable bonds is 3. The molecule has 2 aromatic rings. The third-order valence-electron chi connectivity index (χ3n) is 2.98. The lowest BCUT2D eigenvalue weighted by Gasteiger charge is -2.11. The fourth-order valence-corrected chi connectivity index (χ4v) is 3.67. The summed E-state index contributed by atoms with van der Waals surface area (Å²) in [5, 5.41) is 3.86. The molecule has 0 radical (unpaired) electrons. The van der Waals surface area contributed by atoms with Crippen LogP contribution in [0, 0.1) is 0 Å². The van der Waals surface area contributed by atoms with Gasteiger partial charge in [-0.3, -0.25) is 9.69 Å². The fourth-order valence-electron chi connectivity index (χ4n) is 1.93. The number of thiazole rings is 1. The first-order chi connectivity index (χ1) is 10.7. The molecule has 0 bridgehead atoms. The summed E-state index contributed by atoms with van der Waals surface area (Å²) < 4.78 is 0. The summed E-state index contributed by atoms with van der Waals surface area (Å²) in [5.74, 6) is -0.0299. The van der Waals surface area contributed by atoms with Crippen LogP contribution in [-0.2, 0) is 4.79 Å². The average Bonchev–Trinajstić information content (AvgIpc) is 3.11. The van der Waals surface area contributed by atoms with Gasteiger partial charge in [0.05, 0.1) is 4.91 Å². The Morgan fingerprint density at radius 2 is 2.14 bits per heavy atom. The summed E-state index contributed by atoms with van der Waals surface area (Å²) in [6.07, 6.45) is 3.56. The van der Waals surface area contributed by atoms with Gasteiger partial charge in [0.25, 0.3) is 5.91 Å². The number of halogens is 1. The van der Waals surface area contributed by atoms with Crippen molar-refractivity contribution in [1.29, 1.82) is 0 Å². The van der Waals surface area contributed by atoms with E-state index in [2.05, 4.69) is 9.98 Å². The Morgan fingerprint density at radius 1 is 1.36 bits per heavy atom. The van der Waals surface area contributed by atoms with Crippen molar-refractivity contribution in [2.24, 2.45) is 4.99 Å². The highest BCUT2D eigenvalue weighted by Crippen LogP contribution is 2.34. The summed E-state index contributed by atoms with van der Waals surface area (Å²) in [6.45, 7) is 2.51. The van der Waals surface area contributed by atoms with Crippen LogP contribution in [0.3, 0.4) is 0 Å². The maximum absolute atomic E-state index is 12.5. The number of hydrogen-bond donors (Lipinski definition) is 0. The van der Waals surface area contributed by atoms with Crippen LogP contribution in [0.1, 0.15) is 12.5 Å². The molecular weight excluding hydrogens is 338 g/mol. The van der Waals surface area contributed by atoms with Crippen LogP contribution >= 0.6 is 34.7 Å². The van der Waals surface area contributed by atoms with Gasteiger partial charge in [0.2, 0.25) is 5.13 Å². The normalized spacial score (nSPS) is 18.6. The molecule has 1 aromatic heterocycles. The maximum atomic E-state index is 12.5. The predicted molar refractivity (Wildman–Crippen MR) is 93.6 cm³/mol. The van der Waals surface area contributed by atoms with E-state index in [1.165, 1.54) is 23.1 Å². The summed E-state index contributed by atoms with van der Waals surface area (Å²) in [5.41, 5.74) is 0.937. The van der Waals surface area contributed by atoms with E-state index in [-0.39, 0.29) is 5.91 Å². The van der Waals surface area contributed by atoms with E-state index in [0.717, 1.165) is 5.56 Å². The standard InChI is InChI=1S/C15H12ClN3OS2/c1-2-19-13(20)12(9-10-3-5-11(16)6-4-10)22-15(19)18-14-17-7-8-21-14/h3-9H,2H2,1H3/b12-9-,18-15+. The van der Waals surface area contributed by atoms with E-state index in [1.807, 2.05) is 30.5 Å². The van der Waals surface area contributed by atoms with Crippen molar-refractivity contribution in [1.82, 2.24) is 9.88 Å². The average molecular weight is 350 g/mol. The van der Waals surface area contributed by atoms with Gasteiger partial charge in [0.15, 0.2) is 5.17 Å². The Bertz CT molecular complexity index is 739. The van der Waals surface area contributed by atoms with Gasteiger partial charge < -0.3 is 0 Å². The Kier molecular flexibility index (Phi) is 4.61. The molecule has 2 heterocycles. The Labute approximate surface area is 141 Å². The van der Waals surface area contributed by atoms with E-state index >= 15 is 0 Å². The largest absolute Gasteiger partial charge is 0.287 e. The Hall–Kier alpha value is -1.63. The molecule has 0 saturated carbocycles. The molecule has 1 aliphatic rings. The summed E-state index contributed by atoms with van der Waals surface area (Å²) in [7, 11) is 0. The zero-order chi connectivity index (χ0) is 15.5. The molecule has 112 valence electrons. The number of aliphatic imine (C=N–C) groups is 1. The minimum atomic E-state index is -0.0299. The zero-order valence-electron chi connectivity index (χ0n) is 11.7. The van der Waals surface area contributed by atoms with Crippen LogP contribution in [0.5, 0.6) is 0 Å². The van der Waals surface area contributed by atoms with Crippen molar-refractivity contribution in [2.75, 3.05) is 6.54 Å². The molecule has 1 aromatic carbocycles. The Morgan fingerprint density at radius 3 is 2.77 bits per heavy atom. The third kappa shape index (κ3) is 3.24. The highest BCUT2D eigenvalue weighted by atomic mass is 35.5. The molecule has 0 atom stereocenters. The van der Waals surface area contributed by atoms with E-state index in [1.54, 1.807) is 23.2 Å². The molecule has 3 rings (SSSR count). The second-order valence-corrected chi connectivity index (χ2v) is 6.74. The topological polar surface area (TPSA) is 45.6 Å². The maximum Gasteiger partial charge on any atom is 0.266 e. The molecule has 1 saturated heterocycles. The zero-order valence-corrected chi connectivity index (χ0v) is 14.1. The molecule has 0 aliphatic carbocycles. The first kappa shape index (κ1) is 15.3. The molecule has 7 heteroatoms. The summed E-state index contributed by atoms with van der Waals surface area (Å²) >= 11 is 8.70. The van der Waals surface area contributed by atoms with Crippen molar-refractivity contribution in [3.05, 3.63) is 51.3 Å². The first-order valence-corrected chi connectivity index (χ1v) is 8.70. The van der Waals surface area contributed by atoms with Crippen LogP contribution in [-0.4, -0.2) is 27.5 Å². The second kappa shape index (κ2) is 6.64. The lowest BCUT2D eigenvalue weighted by Crippen LogP contribution is -2.28. The van der Waals surface area contributed by atoms with E-state index < -0.39 is 0 Å². The first-order valence-electron chi connectivity index (χ1n) is 6.62. The molecular formula is C15H12ClN3OS2. The summed E-state index contributed by atoms with van der Waals surface area (Å²) in [4.78, 5) is 23.4. The van der Waals surface area contributed by atoms with Crippen molar-refractivity contribution in [2.45, 2.75) is 6.92 Å². The van der Waals surface area contributed by atoms with Crippen LogP contribution in [0.25, 0.3) is 6.08 Å². The molecule has 1 fully saturated rings. The number of amides is 1. The van der Waals surface area contributed by atoms with Crippen LogP contribution in [0.15, 0.2) is 45.7 Å². The summed E-state index contributed by atoms with van der Waals surface area (Å²) in [6, 6.07) is 7.38. The third-order valence-corrected chi connectivity index (χ3v) is 4.91. The van der Waals surface area contributed by atoms with Gasteiger partial charge in [-0.2, -0.15) is 4.99 Å². The molecule has 1 amide bonds. The molecule has 0 unspecified atom stereocenters. The number of carbonyl (C=O) groups is 1. The number of aromatic nitrogens is 1. The van der Waals surface area contributed by atoms with Crippen molar-refractivity contribution in [3.8, 4) is 0 Å². The smallest absolute Gasteiger partial charge is 0.266 e. The minimum absolute atomic E-state index is 0.0299. The predicted octanol–water partition coefficient (Wildman–Crippen LogP) is 4.42. The van der Waals surface area contributed by atoms with E-state index in [4.69, 9.17) is 11.6 Å². The van der Waals surface area contributed by atoms with Gasteiger partial charge in [0, 0.05) is 23.1 Å².